The summed E-state index contributed by atoms with van der Waals surface area (Å²) < 4.78 is 28.2. The highest BCUT2D eigenvalue weighted by atomic mass is 19.3. The number of nitriles is 1. The Bertz CT molecular complexity index is 1180. The number of imidazole rings is 1. The maximum atomic E-state index is 13.1. The van der Waals surface area contributed by atoms with E-state index in [0.717, 1.165) is 23.1 Å². The molecule has 0 spiro atoms. The summed E-state index contributed by atoms with van der Waals surface area (Å²) in [6, 6.07) is 9.07. The molecule has 0 saturated heterocycles. The normalized spacial score (nSPS) is 15.2. The van der Waals surface area contributed by atoms with Gasteiger partial charge in [0.05, 0.1) is 11.4 Å². The molecule has 1 aliphatic carbocycles. The van der Waals surface area contributed by atoms with E-state index in [1.807, 2.05) is 41.9 Å². The van der Waals surface area contributed by atoms with Crippen LogP contribution in [0.15, 0.2) is 42.9 Å². The second kappa shape index (κ2) is 7.67. The first-order valence-electron chi connectivity index (χ1n) is 9.55. The number of hydrogen-bond acceptors (Lipinski definition) is 5. The smallest absolute Gasteiger partial charge is 0.245 e. The summed E-state index contributed by atoms with van der Waals surface area (Å²) >= 11 is 0. The molecule has 2 N–H and O–H groups in total. The minimum absolute atomic E-state index is 0.153. The quantitative estimate of drug-likeness (QED) is 0.576. The molecule has 3 heterocycles. The predicted molar refractivity (Wildman–Crippen MR) is 110 cm³/mol. The number of pyridine rings is 2. The molecule has 1 aliphatic rings. The first-order valence-corrected chi connectivity index (χ1v) is 9.55. The summed E-state index contributed by atoms with van der Waals surface area (Å²) in [6.07, 6.45) is 5.12. The van der Waals surface area contributed by atoms with Crippen LogP contribution in [-0.2, 0) is 0 Å². The van der Waals surface area contributed by atoms with Crippen molar-refractivity contribution in [2.45, 2.75) is 26.2 Å². The molecular weight excluding hydrogens is 386 g/mol. The molecule has 0 amide bonds. The number of allylic oxidation sites excluding steroid dienone is 1. The molecule has 0 bridgehead atoms. The molecule has 3 aromatic rings. The maximum absolute atomic E-state index is 13.1. The van der Waals surface area contributed by atoms with E-state index in [0.29, 0.717) is 29.7 Å². The third kappa shape index (κ3) is 3.66. The van der Waals surface area contributed by atoms with E-state index in [4.69, 9.17) is 5.41 Å². The van der Waals surface area contributed by atoms with Gasteiger partial charge in [-0.15, -0.1) is 0 Å². The van der Waals surface area contributed by atoms with Gasteiger partial charge >= 0.3 is 0 Å². The van der Waals surface area contributed by atoms with Crippen molar-refractivity contribution in [1.29, 1.82) is 10.7 Å². The Morgan fingerprint density at radius 1 is 1.37 bits per heavy atom. The fourth-order valence-electron chi connectivity index (χ4n) is 3.42. The lowest BCUT2D eigenvalue weighted by Crippen LogP contribution is -2.26. The van der Waals surface area contributed by atoms with Gasteiger partial charge in [-0.05, 0) is 44.0 Å². The van der Waals surface area contributed by atoms with Gasteiger partial charge in [0.15, 0.2) is 0 Å². The summed E-state index contributed by atoms with van der Waals surface area (Å²) in [6.45, 7) is 2.06. The van der Waals surface area contributed by atoms with Crippen molar-refractivity contribution in [2.24, 2.45) is 5.41 Å². The van der Waals surface area contributed by atoms with Crippen molar-refractivity contribution in [3.63, 3.8) is 0 Å². The third-order valence-corrected chi connectivity index (χ3v) is 5.40. The van der Waals surface area contributed by atoms with Crippen LogP contribution in [0, 0.1) is 29.1 Å². The maximum Gasteiger partial charge on any atom is 0.245 e. The second-order valence-electron chi connectivity index (χ2n) is 7.56. The van der Waals surface area contributed by atoms with Gasteiger partial charge in [-0.3, -0.25) is 0 Å². The number of aryl methyl sites for hydroxylation is 1. The standard InChI is InChI=1S/C22H20F2N6/c1-14-12-30-7-4-15(8-19(30)28-14)20-18(3-2-17(10-26)29-20)16(9-25)11-27-13-22(5-6-22)21(23)24/h2-4,7-9,11-12,21,25,27H,5-6,13H2,1H3/b16-11+,25-9?. The van der Waals surface area contributed by atoms with Crippen LogP contribution in [0.25, 0.3) is 22.5 Å². The first kappa shape index (κ1) is 19.7. The molecule has 0 radical (unpaired) electrons. The average molecular weight is 406 g/mol. The Hall–Kier alpha value is -3.60. The zero-order valence-electron chi connectivity index (χ0n) is 16.4. The lowest BCUT2D eigenvalue weighted by atomic mass is 10.00. The van der Waals surface area contributed by atoms with Gasteiger partial charge in [0.25, 0.3) is 0 Å². The van der Waals surface area contributed by atoms with Gasteiger partial charge in [0.2, 0.25) is 6.43 Å². The summed E-state index contributed by atoms with van der Waals surface area (Å²) in [5, 5.41) is 20.1. The van der Waals surface area contributed by atoms with Crippen LogP contribution in [0.2, 0.25) is 0 Å². The van der Waals surface area contributed by atoms with Crippen LogP contribution in [0.4, 0.5) is 8.78 Å². The lowest BCUT2D eigenvalue weighted by Gasteiger charge is -2.15. The Morgan fingerprint density at radius 2 is 2.17 bits per heavy atom. The van der Waals surface area contributed by atoms with E-state index in [1.54, 1.807) is 18.3 Å². The largest absolute Gasteiger partial charge is 0.390 e. The Balaban J connectivity index is 1.72. The van der Waals surface area contributed by atoms with Crippen molar-refractivity contribution >= 4 is 17.4 Å². The molecule has 8 heteroatoms. The van der Waals surface area contributed by atoms with Gasteiger partial charge in [0.1, 0.15) is 17.4 Å². The number of aromatic nitrogens is 3. The van der Waals surface area contributed by atoms with Crippen LogP contribution in [0.5, 0.6) is 0 Å². The fraction of sp³-hybridized carbons (Fsp3) is 0.273. The van der Waals surface area contributed by atoms with Gasteiger partial charge in [-0.25, -0.2) is 18.7 Å². The number of nitrogens with one attached hydrogen (secondary N) is 2. The number of nitrogens with zero attached hydrogens (tertiary/aromatic N) is 4. The number of fused-ring (bicyclic) bond motifs is 1. The summed E-state index contributed by atoms with van der Waals surface area (Å²) in [4.78, 5) is 8.92. The molecule has 0 unspecified atom stereocenters. The minimum atomic E-state index is -2.36. The Kier molecular flexibility index (Phi) is 5.04. The Morgan fingerprint density at radius 3 is 2.83 bits per heavy atom. The van der Waals surface area contributed by atoms with Crippen LogP contribution < -0.4 is 5.32 Å². The highest BCUT2D eigenvalue weighted by Gasteiger charge is 2.50. The first-order chi connectivity index (χ1) is 14.5. The molecule has 30 heavy (non-hydrogen) atoms. The molecule has 4 rings (SSSR count). The molecule has 0 aromatic carbocycles. The topological polar surface area (TPSA) is 89.9 Å². The predicted octanol–water partition coefficient (Wildman–Crippen LogP) is 4.20. The molecular formula is C22H20F2N6. The van der Waals surface area contributed by atoms with Crippen molar-refractivity contribution in [3.8, 4) is 17.3 Å². The van der Waals surface area contributed by atoms with Crippen molar-refractivity contribution in [2.75, 3.05) is 6.54 Å². The molecule has 0 aliphatic heterocycles. The lowest BCUT2D eigenvalue weighted by molar-refractivity contribution is 0.0632. The van der Waals surface area contributed by atoms with Crippen molar-refractivity contribution in [1.82, 2.24) is 19.7 Å². The third-order valence-electron chi connectivity index (χ3n) is 5.40. The molecule has 3 aromatic heterocycles. The van der Waals surface area contributed by atoms with E-state index in [9.17, 15) is 14.0 Å². The number of alkyl halides is 2. The van der Waals surface area contributed by atoms with Crippen molar-refractivity contribution < 1.29 is 8.78 Å². The van der Waals surface area contributed by atoms with Gasteiger partial charge in [-0.2, -0.15) is 5.26 Å². The average Bonchev–Trinajstić information content (AvgIpc) is 3.44. The Labute approximate surface area is 172 Å². The van der Waals surface area contributed by atoms with Gasteiger partial charge in [-0.1, -0.05) is 0 Å². The van der Waals surface area contributed by atoms with Gasteiger partial charge < -0.3 is 15.1 Å². The van der Waals surface area contributed by atoms with Crippen LogP contribution in [0.3, 0.4) is 0 Å². The van der Waals surface area contributed by atoms with E-state index in [2.05, 4.69) is 15.3 Å². The summed E-state index contributed by atoms with van der Waals surface area (Å²) in [5.74, 6) is 0. The molecule has 1 saturated carbocycles. The van der Waals surface area contributed by atoms with E-state index in [1.165, 1.54) is 0 Å². The fourth-order valence-corrected chi connectivity index (χ4v) is 3.42. The number of hydrogen-bond donors (Lipinski definition) is 2. The molecule has 6 nitrogen and oxygen atoms in total. The molecule has 0 atom stereocenters. The van der Waals surface area contributed by atoms with Crippen LogP contribution >= 0.6 is 0 Å². The van der Waals surface area contributed by atoms with Gasteiger partial charge in [0, 0.05) is 53.5 Å². The minimum Gasteiger partial charge on any atom is -0.390 e. The highest BCUT2D eigenvalue weighted by molar-refractivity contribution is 6.10. The molecule has 152 valence electrons. The number of halogens is 2. The van der Waals surface area contributed by atoms with Crippen LogP contribution in [0.1, 0.15) is 29.8 Å². The molecule has 1 fully saturated rings. The van der Waals surface area contributed by atoms with Crippen molar-refractivity contribution in [3.05, 3.63) is 59.8 Å². The van der Waals surface area contributed by atoms with Crippen LogP contribution in [-0.4, -0.2) is 33.6 Å². The zero-order chi connectivity index (χ0) is 21.3. The highest BCUT2D eigenvalue weighted by Crippen LogP contribution is 2.50. The van der Waals surface area contributed by atoms with E-state index in [-0.39, 0.29) is 12.2 Å². The second-order valence-corrected chi connectivity index (χ2v) is 7.56. The summed E-state index contributed by atoms with van der Waals surface area (Å²) in [5.41, 5.74) is 3.31. The van der Waals surface area contributed by atoms with E-state index >= 15 is 0 Å². The monoisotopic (exact) mass is 406 g/mol. The van der Waals surface area contributed by atoms with E-state index < -0.39 is 11.8 Å². The number of rotatable bonds is 7. The summed E-state index contributed by atoms with van der Waals surface area (Å²) in [7, 11) is 0. The zero-order valence-corrected chi connectivity index (χ0v) is 16.4. The SMILES string of the molecule is Cc1cn2ccc(-c3nc(C#N)ccc3/C(C=N)=C/NCC3(C(F)F)CC3)cc2n1.